The minimum Gasteiger partial charge on any atom is -0.316 e. The van der Waals surface area contributed by atoms with Crippen molar-refractivity contribution in [2.45, 2.75) is 49.3 Å². The highest BCUT2D eigenvalue weighted by molar-refractivity contribution is 7.85. The fourth-order valence-corrected chi connectivity index (χ4v) is 5.13. The number of halogens is 2. The fourth-order valence-electron chi connectivity index (χ4n) is 3.11. The number of rotatable bonds is 4. The van der Waals surface area contributed by atoms with Gasteiger partial charge in [-0.2, -0.15) is 0 Å². The molecule has 1 aromatic rings. The molecular weight excluding hydrogens is 309 g/mol. The molecule has 4 atom stereocenters. The van der Waals surface area contributed by atoms with Crippen LogP contribution in [0.2, 0.25) is 5.02 Å². The Labute approximate surface area is 133 Å². The molecule has 0 heterocycles. The molecule has 1 aliphatic carbocycles. The Morgan fingerprint density at radius 1 is 1.38 bits per heavy atom. The lowest BCUT2D eigenvalue weighted by Crippen LogP contribution is -2.45. The van der Waals surface area contributed by atoms with Crippen molar-refractivity contribution in [3.63, 3.8) is 0 Å². The summed E-state index contributed by atoms with van der Waals surface area (Å²) in [6.07, 6.45) is 3.14. The summed E-state index contributed by atoms with van der Waals surface area (Å²) in [5.41, 5.74) is 0. The molecule has 118 valence electrons. The first-order valence-electron chi connectivity index (χ1n) is 7.47. The van der Waals surface area contributed by atoms with Gasteiger partial charge in [0.1, 0.15) is 5.82 Å². The van der Waals surface area contributed by atoms with Crippen LogP contribution in [0.25, 0.3) is 0 Å². The summed E-state index contributed by atoms with van der Waals surface area (Å²) in [6, 6.07) is 4.62. The quantitative estimate of drug-likeness (QED) is 0.903. The minimum atomic E-state index is -1.17. The predicted molar refractivity (Wildman–Crippen MR) is 86.6 cm³/mol. The van der Waals surface area contributed by atoms with Gasteiger partial charge in [-0.1, -0.05) is 25.4 Å². The molecule has 0 spiro atoms. The summed E-state index contributed by atoms with van der Waals surface area (Å²) < 4.78 is 26.2. The van der Waals surface area contributed by atoms with Gasteiger partial charge in [-0.3, -0.25) is 4.21 Å². The topological polar surface area (TPSA) is 29.1 Å². The summed E-state index contributed by atoms with van der Waals surface area (Å²) in [4.78, 5) is 0.621. The Bertz CT molecular complexity index is 523. The molecule has 0 aromatic heterocycles. The summed E-state index contributed by atoms with van der Waals surface area (Å²) in [6.45, 7) is 4.44. The standard InChI is InChI=1S/C16H23ClFNOS/c1-10(2)11-4-7-15(19-3)16(8-11)21(20)12-5-6-14(18)13(17)9-12/h5-6,9-11,15-16,19H,4,7-8H2,1-3H3. The highest BCUT2D eigenvalue weighted by Crippen LogP contribution is 2.34. The Kier molecular flexibility index (Phi) is 5.81. The van der Waals surface area contributed by atoms with Gasteiger partial charge in [-0.25, -0.2) is 4.39 Å². The van der Waals surface area contributed by atoms with Crippen molar-refractivity contribution in [2.24, 2.45) is 11.8 Å². The number of benzene rings is 1. The van der Waals surface area contributed by atoms with E-state index in [1.807, 2.05) is 7.05 Å². The van der Waals surface area contributed by atoms with E-state index in [1.54, 1.807) is 6.07 Å². The van der Waals surface area contributed by atoms with Gasteiger partial charge < -0.3 is 5.32 Å². The van der Waals surface area contributed by atoms with Gasteiger partial charge in [0, 0.05) is 10.9 Å². The van der Waals surface area contributed by atoms with Crippen LogP contribution in [0.3, 0.4) is 0 Å². The molecule has 0 radical (unpaired) electrons. The third-order valence-electron chi connectivity index (χ3n) is 4.54. The Morgan fingerprint density at radius 3 is 2.67 bits per heavy atom. The average molecular weight is 332 g/mol. The zero-order valence-corrected chi connectivity index (χ0v) is 14.3. The predicted octanol–water partition coefficient (Wildman–Crippen LogP) is 4.00. The van der Waals surface area contributed by atoms with Crippen LogP contribution in [0, 0.1) is 17.7 Å². The lowest BCUT2D eigenvalue weighted by atomic mass is 9.79. The summed E-state index contributed by atoms with van der Waals surface area (Å²) in [7, 11) is 0.750. The van der Waals surface area contributed by atoms with Crippen molar-refractivity contribution >= 4 is 22.4 Å². The molecule has 0 saturated heterocycles. The van der Waals surface area contributed by atoms with E-state index in [2.05, 4.69) is 19.2 Å². The molecule has 5 heteroatoms. The van der Waals surface area contributed by atoms with Gasteiger partial charge in [0.2, 0.25) is 0 Å². The minimum absolute atomic E-state index is 0.0399. The van der Waals surface area contributed by atoms with E-state index in [-0.39, 0.29) is 16.3 Å². The molecule has 0 aliphatic heterocycles. The van der Waals surface area contributed by atoms with Crippen molar-refractivity contribution in [3.05, 3.63) is 29.0 Å². The Morgan fingerprint density at radius 2 is 2.10 bits per heavy atom. The van der Waals surface area contributed by atoms with Gasteiger partial charge in [0.05, 0.1) is 21.1 Å². The average Bonchev–Trinajstić information content (AvgIpc) is 2.48. The molecule has 2 rings (SSSR count). The van der Waals surface area contributed by atoms with E-state index in [0.29, 0.717) is 16.7 Å². The maximum atomic E-state index is 13.3. The third-order valence-corrected chi connectivity index (χ3v) is 6.62. The Balaban J connectivity index is 2.22. The number of nitrogens with one attached hydrogen (secondary N) is 1. The summed E-state index contributed by atoms with van der Waals surface area (Å²) in [5, 5.41) is 3.38. The largest absolute Gasteiger partial charge is 0.316 e. The van der Waals surface area contributed by atoms with Crippen LogP contribution in [0.5, 0.6) is 0 Å². The first-order valence-corrected chi connectivity index (χ1v) is 9.06. The second-order valence-corrected chi connectivity index (χ2v) is 8.20. The van der Waals surface area contributed by atoms with E-state index in [0.717, 1.165) is 12.8 Å². The van der Waals surface area contributed by atoms with Gasteiger partial charge in [-0.15, -0.1) is 0 Å². The molecule has 21 heavy (non-hydrogen) atoms. The van der Waals surface area contributed by atoms with Crippen LogP contribution in [0.4, 0.5) is 4.39 Å². The molecule has 0 bridgehead atoms. The molecule has 4 unspecified atom stereocenters. The van der Waals surface area contributed by atoms with E-state index in [9.17, 15) is 8.60 Å². The van der Waals surface area contributed by atoms with Crippen molar-refractivity contribution < 1.29 is 8.60 Å². The van der Waals surface area contributed by atoms with Gasteiger partial charge in [0.25, 0.3) is 0 Å². The molecule has 1 N–H and O–H groups in total. The lowest BCUT2D eigenvalue weighted by molar-refractivity contribution is 0.249. The maximum absolute atomic E-state index is 13.3. The SMILES string of the molecule is CNC1CCC(C(C)C)CC1S(=O)c1ccc(F)c(Cl)c1. The molecular formula is C16H23ClFNOS. The fraction of sp³-hybridized carbons (Fsp3) is 0.625. The van der Waals surface area contributed by atoms with Crippen LogP contribution < -0.4 is 5.32 Å². The van der Waals surface area contributed by atoms with E-state index in [4.69, 9.17) is 11.6 Å². The van der Waals surface area contributed by atoms with Crippen molar-refractivity contribution in [2.75, 3.05) is 7.05 Å². The second-order valence-electron chi connectivity index (χ2n) is 6.12. The maximum Gasteiger partial charge on any atom is 0.141 e. The van der Waals surface area contributed by atoms with Crippen molar-refractivity contribution in [1.82, 2.24) is 5.32 Å². The molecule has 1 aromatic carbocycles. The van der Waals surface area contributed by atoms with E-state index >= 15 is 0 Å². The van der Waals surface area contributed by atoms with Crippen LogP contribution in [0.1, 0.15) is 33.1 Å². The third kappa shape index (κ3) is 3.85. The summed E-state index contributed by atoms with van der Waals surface area (Å²) in [5.74, 6) is 0.727. The normalized spacial score (nSPS) is 27.8. The van der Waals surface area contributed by atoms with Crippen molar-refractivity contribution in [1.29, 1.82) is 0 Å². The first-order chi connectivity index (χ1) is 9.93. The highest BCUT2D eigenvalue weighted by atomic mass is 35.5. The molecule has 1 fully saturated rings. The van der Waals surface area contributed by atoms with Gasteiger partial charge >= 0.3 is 0 Å². The molecule has 0 amide bonds. The van der Waals surface area contributed by atoms with Crippen LogP contribution in [0.15, 0.2) is 23.1 Å². The lowest BCUT2D eigenvalue weighted by Gasteiger charge is -2.37. The van der Waals surface area contributed by atoms with Crippen LogP contribution >= 0.6 is 11.6 Å². The first kappa shape index (κ1) is 16.9. The second kappa shape index (κ2) is 7.21. The summed E-state index contributed by atoms with van der Waals surface area (Å²) >= 11 is 5.82. The van der Waals surface area contributed by atoms with Crippen molar-refractivity contribution in [3.8, 4) is 0 Å². The van der Waals surface area contributed by atoms with Crippen LogP contribution in [-0.2, 0) is 10.8 Å². The zero-order valence-electron chi connectivity index (χ0n) is 12.7. The smallest absolute Gasteiger partial charge is 0.141 e. The molecule has 2 nitrogen and oxygen atoms in total. The highest BCUT2D eigenvalue weighted by Gasteiger charge is 2.35. The number of hydrogen-bond donors (Lipinski definition) is 1. The molecule has 1 saturated carbocycles. The monoisotopic (exact) mass is 331 g/mol. The van der Waals surface area contributed by atoms with E-state index < -0.39 is 16.6 Å². The zero-order chi connectivity index (χ0) is 15.6. The van der Waals surface area contributed by atoms with E-state index in [1.165, 1.54) is 18.6 Å². The van der Waals surface area contributed by atoms with Gasteiger partial charge in [0.15, 0.2) is 0 Å². The van der Waals surface area contributed by atoms with Gasteiger partial charge in [-0.05, 0) is 56.3 Å². The Hall–Kier alpha value is -0.450. The van der Waals surface area contributed by atoms with Crippen LogP contribution in [-0.4, -0.2) is 22.5 Å². The molecule has 1 aliphatic rings. The number of hydrogen-bond acceptors (Lipinski definition) is 2.